The summed E-state index contributed by atoms with van der Waals surface area (Å²) in [6, 6.07) is 8.25. The van der Waals surface area contributed by atoms with Gasteiger partial charge in [-0.15, -0.1) is 0 Å². The molecule has 0 spiro atoms. The van der Waals surface area contributed by atoms with Gasteiger partial charge in [0.15, 0.2) is 0 Å². The number of nitrogens with one attached hydrogen (secondary N) is 1. The van der Waals surface area contributed by atoms with Crippen molar-refractivity contribution in [3.05, 3.63) is 29.8 Å². The van der Waals surface area contributed by atoms with Crippen molar-refractivity contribution >= 4 is 11.5 Å². The SMILES string of the molecule is CC(=O)CCNc1ccccc1C(C)C. The van der Waals surface area contributed by atoms with Crippen molar-refractivity contribution in [3.8, 4) is 0 Å². The lowest BCUT2D eigenvalue weighted by atomic mass is 10.0. The molecule has 0 aliphatic heterocycles. The molecular formula is C13H19NO. The average Bonchev–Trinajstić information content (AvgIpc) is 2.17. The first kappa shape index (κ1) is 11.8. The first-order chi connectivity index (χ1) is 7.11. The maximum absolute atomic E-state index is 10.8. The largest absolute Gasteiger partial charge is 0.384 e. The van der Waals surface area contributed by atoms with Crippen LogP contribution >= 0.6 is 0 Å². The van der Waals surface area contributed by atoms with Gasteiger partial charge in [0.05, 0.1) is 0 Å². The number of carbonyl (C=O) groups is 1. The molecule has 0 bridgehead atoms. The van der Waals surface area contributed by atoms with Crippen molar-refractivity contribution in [2.75, 3.05) is 11.9 Å². The zero-order valence-corrected chi connectivity index (χ0v) is 9.71. The van der Waals surface area contributed by atoms with Crippen LogP contribution < -0.4 is 5.32 Å². The van der Waals surface area contributed by atoms with Crippen molar-refractivity contribution in [3.63, 3.8) is 0 Å². The molecule has 0 heterocycles. The Labute approximate surface area is 91.7 Å². The normalized spacial score (nSPS) is 10.4. The molecule has 0 aliphatic rings. The first-order valence-corrected chi connectivity index (χ1v) is 5.43. The van der Waals surface area contributed by atoms with Crippen LogP contribution in [-0.2, 0) is 4.79 Å². The molecule has 2 nitrogen and oxygen atoms in total. The summed E-state index contributed by atoms with van der Waals surface area (Å²) in [5.74, 6) is 0.732. The summed E-state index contributed by atoms with van der Waals surface area (Å²) >= 11 is 0. The second kappa shape index (κ2) is 5.54. The van der Waals surface area contributed by atoms with Gasteiger partial charge >= 0.3 is 0 Å². The number of hydrogen-bond acceptors (Lipinski definition) is 2. The molecular weight excluding hydrogens is 186 g/mol. The van der Waals surface area contributed by atoms with E-state index < -0.39 is 0 Å². The van der Waals surface area contributed by atoms with Gasteiger partial charge < -0.3 is 5.32 Å². The smallest absolute Gasteiger partial charge is 0.131 e. The summed E-state index contributed by atoms with van der Waals surface area (Å²) in [7, 11) is 0. The Bertz CT molecular complexity index is 331. The molecule has 0 saturated heterocycles. The molecule has 1 aromatic carbocycles. The van der Waals surface area contributed by atoms with E-state index in [2.05, 4.69) is 31.3 Å². The Balaban J connectivity index is 2.63. The fourth-order valence-corrected chi connectivity index (χ4v) is 1.53. The van der Waals surface area contributed by atoms with Crippen molar-refractivity contribution in [1.29, 1.82) is 0 Å². The van der Waals surface area contributed by atoms with Gasteiger partial charge in [0, 0.05) is 18.7 Å². The van der Waals surface area contributed by atoms with E-state index in [1.165, 1.54) is 5.56 Å². The summed E-state index contributed by atoms with van der Waals surface area (Å²) in [6.07, 6.45) is 0.590. The van der Waals surface area contributed by atoms with Crippen LogP contribution in [0.25, 0.3) is 0 Å². The van der Waals surface area contributed by atoms with E-state index in [1.54, 1.807) is 6.92 Å². The van der Waals surface area contributed by atoms with Gasteiger partial charge in [0.25, 0.3) is 0 Å². The number of para-hydroxylation sites is 1. The molecule has 0 fully saturated rings. The highest BCUT2D eigenvalue weighted by Gasteiger charge is 2.04. The standard InChI is InChI=1S/C13H19NO/c1-10(2)12-6-4-5-7-13(12)14-9-8-11(3)15/h4-7,10,14H,8-9H2,1-3H3. The lowest BCUT2D eigenvalue weighted by Gasteiger charge is -2.13. The topological polar surface area (TPSA) is 29.1 Å². The average molecular weight is 205 g/mol. The zero-order chi connectivity index (χ0) is 11.3. The maximum atomic E-state index is 10.8. The second-order valence-electron chi connectivity index (χ2n) is 4.12. The van der Waals surface area contributed by atoms with Gasteiger partial charge in [0.2, 0.25) is 0 Å². The number of ketones is 1. The summed E-state index contributed by atoms with van der Waals surface area (Å²) in [5.41, 5.74) is 2.45. The maximum Gasteiger partial charge on any atom is 0.131 e. The molecule has 0 aromatic heterocycles. The molecule has 0 atom stereocenters. The summed E-state index contributed by atoms with van der Waals surface area (Å²) in [6.45, 7) is 6.69. The third-order valence-electron chi connectivity index (χ3n) is 2.38. The highest BCUT2D eigenvalue weighted by molar-refractivity contribution is 5.76. The fourth-order valence-electron chi connectivity index (χ4n) is 1.53. The predicted octanol–water partition coefficient (Wildman–Crippen LogP) is 3.20. The number of Topliss-reactive ketones (excluding diaryl/α,β-unsaturated/α-hetero) is 1. The first-order valence-electron chi connectivity index (χ1n) is 5.43. The van der Waals surface area contributed by atoms with Crippen LogP contribution in [0.15, 0.2) is 24.3 Å². The second-order valence-corrected chi connectivity index (χ2v) is 4.12. The fraction of sp³-hybridized carbons (Fsp3) is 0.462. The molecule has 1 N–H and O–H groups in total. The molecule has 0 unspecified atom stereocenters. The number of benzene rings is 1. The van der Waals surface area contributed by atoms with Crippen LogP contribution in [0.3, 0.4) is 0 Å². The molecule has 15 heavy (non-hydrogen) atoms. The zero-order valence-electron chi connectivity index (χ0n) is 9.71. The quantitative estimate of drug-likeness (QED) is 0.799. The minimum absolute atomic E-state index is 0.226. The van der Waals surface area contributed by atoms with Crippen LogP contribution in [-0.4, -0.2) is 12.3 Å². The van der Waals surface area contributed by atoms with E-state index in [-0.39, 0.29) is 5.78 Å². The van der Waals surface area contributed by atoms with Gasteiger partial charge in [-0.05, 0) is 24.5 Å². The number of carbonyl (C=O) groups excluding carboxylic acids is 1. The highest BCUT2D eigenvalue weighted by atomic mass is 16.1. The van der Waals surface area contributed by atoms with E-state index in [9.17, 15) is 4.79 Å². The predicted molar refractivity (Wildman–Crippen MR) is 64.3 cm³/mol. The van der Waals surface area contributed by atoms with Crippen molar-refractivity contribution in [2.45, 2.75) is 33.1 Å². The van der Waals surface area contributed by atoms with Gasteiger partial charge in [-0.1, -0.05) is 32.0 Å². The third-order valence-corrected chi connectivity index (χ3v) is 2.38. The van der Waals surface area contributed by atoms with Gasteiger partial charge in [-0.2, -0.15) is 0 Å². The van der Waals surface area contributed by atoms with Crippen molar-refractivity contribution in [2.24, 2.45) is 0 Å². The van der Waals surface area contributed by atoms with Gasteiger partial charge in [0.1, 0.15) is 5.78 Å². The lowest BCUT2D eigenvalue weighted by Crippen LogP contribution is -2.08. The third kappa shape index (κ3) is 3.74. The van der Waals surface area contributed by atoms with Crippen LogP contribution in [0.4, 0.5) is 5.69 Å². The Morgan fingerprint density at radius 3 is 2.60 bits per heavy atom. The van der Waals surface area contributed by atoms with Crippen molar-refractivity contribution < 1.29 is 4.79 Å². The number of anilines is 1. The summed E-state index contributed by atoms with van der Waals surface area (Å²) in [5, 5.41) is 3.31. The summed E-state index contributed by atoms with van der Waals surface area (Å²) < 4.78 is 0. The monoisotopic (exact) mass is 205 g/mol. The molecule has 1 aromatic rings. The van der Waals surface area contributed by atoms with E-state index in [0.29, 0.717) is 12.3 Å². The minimum Gasteiger partial charge on any atom is -0.384 e. The Morgan fingerprint density at radius 1 is 1.33 bits per heavy atom. The molecule has 2 heteroatoms. The van der Waals surface area contributed by atoms with E-state index in [1.807, 2.05) is 12.1 Å². The van der Waals surface area contributed by atoms with Gasteiger partial charge in [-0.3, -0.25) is 4.79 Å². The van der Waals surface area contributed by atoms with Crippen molar-refractivity contribution in [1.82, 2.24) is 0 Å². The minimum atomic E-state index is 0.226. The Hall–Kier alpha value is -1.31. The number of hydrogen-bond donors (Lipinski definition) is 1. The Kier molecular flexibility index (Phi) is 4.35. The summed E-state index contributed by atoms with van der Waals surface area (Å²) in [4.78, 5) is 10.8. The molecule has 0 saturated carbocycles. The Morgan fingerprint density at radius 2 is 2.00 bits per heavy atom. The molecule has 0 amide bonds. The van der Waals surface area contributed by atoms with Gasteiger partial charge in [-0.25, -0.2) is 0 Å². The van der Waals surface area contributed by atoms with E-state index >= 15 is 0 Å². The molecule has 0 radical (unpaired) electrons. The van der Waals surface area contributed by atoms with Crippen LogP contribution in [0, 0.1) is 0 Å². The lowest BCUT2D eigenvalue weighted by molar-refractivity contribution is -0.116. The van der Waals surface area contributed by atoms with Crippen LogP contribution in [0.1, 0.15) is 38.7 Å². The van der Waals surface area contributed by atoms with E-state index in [4.69, 9.17) is 0 Å². The molecule has 0 aliphatic carbocycles. The van der Waals surface area contributed by atoms with Crippen LogP contribution in [0.5, 0.6) is 0 Å². The molecule has 1 rings (SSSR count). The highest BCUT2D eigenvalue weighted by Crippen LogP contribution is 2.23. The molecule has 82 valence electrons. The van der Waals surface area contributed by atoms with Crippen LogP contribution in [0.2, 0.25) is 0 Å². The van der Waals surface area contributed by atoms with E-state index in [0.717, 1.165) is 12.2 Å². The number of rotatable bonds is 5.